The molecule has 1 aromatic heterocycles. The normalized spacial score (nSPS) is 19.4. The van der Waals surface area contributed by atoms with E-state index in [0.29, 0.717) is 18.4 Å². The summed E-state index contributed by atoms with van der Waals surface area (Å²) in [5.41, 5.74) is 3.46. The van der Waals surface area contributed by atoms with Gasteiger partial charge in [-0.1, -0.05) is 30.3 Å². The molecule has 134 valence electrons. The minimum atomic E-state index is -0.607. The molecule has 2 unspecified atom stereocenters. The maximum Gasteiger partial charge on any atom is 0.243 e. The van der Waals surface area contributed by atoms with Crippen molar-refractivity contribution in [2.75, 3.05) is 0 Å². The van der Waals surface area contributed by atoms with Crippen LogP contribution in [0.25, 0.3) is 10.9 Å². The molecule has 2 heterocycles. The van der Waals surface area contributed by atoms with Gasteiger partial charge in [0.15, 0.2) is 0 Å². The molecule has 2 amide bonds. The second-order valence-corrected chi connectivity index (χ2v) is 6.70. The minimum absolute atomic E-state index is 0.182. The van der Waals surface area contributed by atoms with Gasteiger partial charge in [-0.15, -0.1) is 0 Å². The summed E-state index contributed by atoms with van der Waals surface area (Å²) >= 11 is 0. The molecule has 2 atom stereocenters. The number of carbonyl (C=O) groups is 2. The summed E-state index contributed by atoms with van der Waals surface area (Å²) < 4.78 is 0. The third-order valence-electron chi connectivity index (χ3n) is 4.89. The van der Waals surface area contributed by atoms with E-state index in [0.717, 1.165) is 22.0 Å². The number of hydrogen-bond acceptors (Lipinski definition) is 3. The van der Waals surface area contributed by atoms with E-state index in [-0.39, 0.29) is 11.8 Å². The molecule has 4 rings (SSSR count). The maximum atomic E-state index is 12.5. The summed E-state index contributed by atoms with van der Waals surface area (Å²) in [7, 11) is 0. The topological polar surface area (TPSA) is 97.8 Å². The molecule has 0 spiro atoms. The molecule has 6 heteroatoms. The zero-order valence-electron chi connectivity index (χ0n) is 14.5. The molecule has 1 saturated heterocycles. The molecule has 6 nitrogen and oxygen atoms in total. The minimum Gasteiger partial charge on any atom is -0.361 e. The largest absolute Gasteiger partial charge is 0.361 e. The molecular formula is C21H18N4O2. The van der Waals surface area contributed by atoms with Gasteiger partial charge < -0.3 is 15.6 Å². The number of nitrogens with zero attached hydrogens (tertiary/aromatic N) is 1. The molecule has 0 bridgehead atoms. The number of amides is 2. The predicted octanol–water partition coefficient (Wildman–Crippen LogP) is 1.81. The highest BCUT2D eigenvalue weighted by atomic mass is 16.2. The SMILES string of the molecule is N#Cc1ccc(CC2NC(=O)C(Cc3c[nH]c4ccccc34)NC2=O)cc1. The average Bonchev–Trinajstić information content (AvgIpc) is 3.09. The number of carbonyl (C=O) groups excluding carboxylic acids is 2. The Morgan fingerprint density at radius 2 is 1.56 bits per heavy atom. The zero-order chi connectivity index (χ0) is 18.8. The van der Waals surface area contributed by atoms with Gasteiger partial charge in [-0.05, 0) is 29.3 Å². The first-order valence-corrected chi connectivity index (χ1v) is 8.79. The van der Waals surface area contributed by atoms with Crippen LogP contribution in [0.15, 0.2) is 54.7 Å². The van der Waals surface area contributed by atoms with E-state index in [9.17, 15) is 9.59 Å². The summed E-state index contributed by atoms with van der Waals surface area (Å²) in [6, 6.07) is 15.8. The summed E-state index contributed by atoms with van der Waals surface area (Å²) in [6.07, 6.45) is 2.71. The highest BCUT2D eigenvalue weighted by Crippen LogP contribution is 2.20. The second kappa shape index (κ2) is 6.96. The Balaban J connectivity index is 1.44. The van der Waals surface area contributed by atoms with Crippen molar-refractivity contribution in [2.24, 2.45) is 0 Å². The van der Waals surface area contributed by atoms with Crippen molar-refractivity contribution in [2.45, 2.75) is 24.9 Å². The fourth-order valence-corrected chi connectivity index (χ4v) is 3.43. The van der Waals surface area contributed by atoms with Crippen molar-refractivity contribution < 1.29 is 9.59 Å². The first kappa shape index (κ1) is 16.9. The zero-order valence-corrected chi connectivity index (χ0v) is 14.5. The van der Waals surface area contributed by atoms with E-state index in [1.807, 2.05) is 30.5 Å². The van der Waals surface area contributed by atoms with Crippen molar-refractivity contribution in [1.82, 2.24) is 15.6 Å². The number of rotatable bonds is 4. The van der Waals surface area contributed by atoms with Crippen molar-refractivity contribution in [3.63, 3.8) is 0 Å². The number of aromatic nitrogens is 1. The summed E-state index contributed by atoms with van der Waals surface area (Å²) in [5.74, 6) is -0.373. The second-order valence-electron chi connectivity index (χ2n) is 6.70. The van der Waals surface area contributed by atoms with E-state index in [1.54, 1.807) is 24.3 Å². The fraction of sp³-hybridized carbons (Fsp3) is 0.190. The van der Waals surface area contributed by atoms with E-state index < -0.39 is 12.1 Å². The summed E-state index contributed by atoms with van der Waals surface area (Å²) in [6.45, 7) is 0. The first-order chi connectivity index (χ1) is 13.1. The van der Waals surface area contributed by atoms with Crippen LogP contribution in [0.3, 0.4) is 0 Å². The van der Waals surface area contributed by atoms with Gasteiger partial charge >= 0.3 is 0 Å². The van der Waals surface area contributed by atoms with Gasteiger partial charge in [0.05, 0.1) is 11.6 Å². The predicted molar refractivity (Wildman–Crippen MR) is 101 cm³/mol. The number of nitrogens with one attached hydrogen (secondary N) is 3. The Bertz CT molecular complexity index is 1050. The van der Waals surface area contributed by atoms with E-state index in [4.69, 9.17) is 5.26 Å². The molecule has 3 N–H and O–H groups in total. The summed E-state index contributed by atoms with van der Waals surface area (Å²) in [4.78, 5) is 28.2. The first-order valence-electron chi connectivity index (χ1n) is 8.79. The van der Waals surface area contributed by atoms with Crippen LogP contribution in [0, 0.1) is 11.3 Å². The van der Waals surface area contributed by atoms with Crippen molar-refractivity contribution in [3.8, 4) is 6.07 Å². The maximum absolute atomic E-state index is 12.5. The van der Waals surface area contributed by atoms with Crippen LogP contribution >= 0.6 is 0 Å². The number of para-hydroxylation sites is 1. The lowest BCUT2D eigenvalue weighted by Crippen LogP contribution is -2.62. The van der Waals surface area contributed by atoms with Gasteiger partial charge in [0, 0.05) is 29.9 Å². The third-order valence-corrected chi connectivity index (χ3v) is 4.89. The highest BCUT2D eigenvalue weighted by Gasteiger charge is 2.33. The molecule has 0 saturated carbocycles. The Morgan fingerprint density at radius 3 is 2.26 bits per heavy atom. The van der Waals surface area contributed by atoms with Crippen molar-refractivity contribution in [1.29, 1.82) is 5.26 Å². The fourth-order valence-electron chi connectivity index (χ4n) is 3.43. The standard InChI is InChI=1S/C21H18N4O2/c22-11-14-7-5-13(6-8-14)9-18-20(26)25-19(21(27)24-18)10-15-12-23-17-4-2-1-3-16(15)17/h1-8,12,18-19,23H,9-10H2,(H,24,27)(H,25,26). The highest BCUT2D eigenvalue weighted by molar-refractivity contribution is 5.97. The Hall–Kier alpha value is -3.59. The van der Waals surface area contributed by atoms with Crippen LogP contribution in [0.2, 0.25) is 0 Å². The van der Waals surface area contributed by atoms with Crippen LogP contribution in [0.5, 0.6) is 0 Å². The number of nitriles is 1. The van der Waals surface area contributed by atoms with E-state index in [2.05, 4.69) is 21.7 Å². The number of piperazine rings is 1. The number of benzene rings is 2. The van der Waals surface area contributed by atoms with Gasteiger partial charge in [0.25, 0.3) is 0 Å². The van der Waals surface area contributed by atoms with Crippen LogP contribution in [0.1, 0.15) is 16.7 Å². The molecule has 1 fully saturated rings. The van der Waals surface area contributed by atoms with Crippen molar-refractivity contribution in [3.05, 3.63) is 71.4 Å². The monoisotopic (exact) mass is 358 g/mol. The Labute approximate surface area is 156 Å². The lowest BCUT2D eigenvalue weighted by molar-refractivity contribution is -0.136. The van der Waals surface area contributed by atoms with Gasteiger partial charge in [-0.3, -0.25) is 9.59 Å². The number of aromatic amines is 1. The average molecular weight is 358 g/mol. The lowest BCUT2D eigenvalue weighted by atomic mass is 9.98. The smallest absolute Gasteiger partial charge is 0.243 e. The van der Waals surface area contributed by atoms with Gasteiger partial charge in [0.2, 0.25) is 11.8 Å². The molecular weight excluding hydrogens is 340 g/mol. The van der Waals surface area contributed by atoms with E-state index in [1.165, 1.54) is 0 Å². The van der Waals surface area contributed by atoms with Gasteiger partial charge in [-0.2, -0.15) is 5.26 Å². The van der Waals surface area contributed by atoms with E-state index >= 15 is 0 Å². The molecule has 1 aliphatic heterocycles. The summed E-state index contributed by atoms with van der Waals surface area (Å²) in [5, 5.41) is 15.6. The molecule has 0 radical (unpaired) electrons. The quantitative estimate of drug-likeness (QED) is 0.663. The molecule has 1 aliphatic rings. The number of fused-ring (bicyclic) bond motifs is 1. The van der Waals surface area contributed by atoms with Crippen LogP contribution in [-0.4, -0.2) is 28.9 Å². The number of H-pyrrole nitrogens is 1. The molecule has 27 heavy (non-hydrogen) atoms. The molecule has 3 aromatic rings. The molecule has 2 aromatic carbocycles. The van der Waals surface area contributed by atoms with Crippen LogP contribution < -0.4 is 10.6 Å². The Kier molecular flexibility index (Phi) is 4.35. The van der Waals surface area contributed by atoms with Crippen LogP contribution in [-0.2, 0) is 22.4 Å². The number of hydrogen-bond donors (Lipinski definition) is 3. The van der Waals surface area contributed by atoms with Gasteiger partial charge in [-0.25, -0.2) is 0 Å². The van der Waals surface area contributed by atoms with Crippen LogP contribution in [0.4, 0.5) is 0 Å². The third kappa shape index (κ3) is 3.40. The van der Waals surface area contributed by atoms with Crippen molar-refractivity contribution >= 4 is 22.7 Å². The van der Waals surface area contributed by atoms with Gasteiger partial charge in [0.1, 0.15) is 12.1 Å². The molecule has 0 aliphatic carbocycles. The Morgan fingerprint density at radius 1 is 0.889 bits per heavy atom. The lowest BCUT2D eigenvalue weighted by Gasteiger charge is -2.29.